The molecule has 0 aliphatic carbocycles. The molecule has 0 bridgehead atoms. The number of carbonyl (C=O) groups excluding carboxylic acids is 1. The van der Waals surface area contributed by atoms with Crippen LogP contribution < -0.4 is 14.4 Å². The molecule has 5 rings (SSSR count). The van der Waals surface area contributed by atoms with Crippen LogP contribution in [0.3, 0.4) is 0 Å². The highest BCUT2D eigenvalue weighted by molar-refractivity contribution is 6.05. The summed E-state index contributed by atoms with van der Waals surface area (Å²) in [5.74, 6) is 1.06. The van der Waals surface area contributed by atoms with E-state index in [-0.39, 0.29) is 11.6 Å². The summed E-state index contributed by atoms with van der Waals surface area (Å²) in [6.45, 7) is 1.89. The molecule has 3 aromatic carbocycles. The Morgan fingerprint density at radius 3 is 2.47 bits per heavy atom. The monoisotopic (exact) mass is 452 g/mol. The molecule has 1 amide bonds. The largest absolute Gasteiger partial charge is 0.486 e. The first-order valence-corrected chi connectivity index (χ1v) is 11.1. The quantitative estimate of drug-likeness (QED) is 0.414. The van der Waals surface area contributed by atoms with Crippen molar-refractivity contribution < 1.29 is 14.3 Å². The Kier molecular flexibility index (Phi) is 6.34. The minimum absolute atomic E-state index is 0.242. The van der Waals surface area contributed by atoms with Crippen LogP contribution in [0.2, 0.25) is 0 Å². The zero-order valence-electron chi connectivity index (χ0n) is 18.6. The van der Waals surface area contributed by atoms with Crippen molar-refractivity contribution in [1.82, 2.24) is 15.0 Å². The molecule has 2 heterocycles. The molecule has 0 unspecified atom stereocenters. The number of anilines is 1. The third-order valence-electron chi connectivity index (χ3n) is 5.43. The molecule has 1 aromatic heterocycles. The van der Waals surface area contributed by atoms with Gasteiger partial charge in [-0.2, -0.15) is 0 Å². The molecule has 0 spiro atoms. The van der Waals surface area contributed by atoms with E-state index in [4.69, 9.17) is 9.47 Å². The normalized spacial score (nSPS) is 12.6. The van der Waals surface area contributed by atoms with Crippen molar-refractivity contribution in [1.29, 1.82) is 0 Å². The molecule has 1 aliphatic heterocycles. The van der Waals surface area contributed by atoms with Crippen LogP contribution in [0.15, 0.2) is 91.1 Å². The van der Waals surface area contributed by atoms with Crippen molar-refractivity contribution in [2.75, 3.05) is 24.7 Å². The summed E-state index contributed by atoms with van der Waals surface area (Å²) in [4.78, 5) is 15.2. The van der Waals surface area contributed by atoms with Gasteiger partial charge in [0, 0.05) is 18.3 Å². The number of ether oxygens (including phenoxy) is 2. The molecule has 7 nitrogen and oxygen atoms in total. The molecule has 0 atom stereocenters. The number of amides is 1. The Morgan fingerprint density at radius 1 is 0.941 bits per heavy atom. The number of hydrogen-bond donors (Lipinski definition) is 0. The van der Waals surface area contributed by atoms with Gasteiger partial charge in [-0.1, -0.05) is 78.0 Å². The van der Waals surface area contributed by atoms with E-state index in [0.29, 0.717) is 43.5 Å². The van der Waals surface area contributed by atoms with Gasteiger partial charge in [-0.25, -0.2) is 4.68 Å². The lowest BCUT2D eigenvalue weighted by atomic mass is 10.2. The Labute approximate surface area is 197 Å². The summed E-state index contributed by atoms with van der Waals surface area (Å²) in [6, 6.07) is 25.4. The number of rotatable bonds is 7. The van der Waals surface area contributed by atoms with Crippen LogP contribution in [0.5, 0.6) is 11.5 Å². The molecular formula is C27H24N4O3. The van der Waals surface area contributed by atoms with Crippen molar-refractivity contribution in [2.45, 2.75) is 6.54 Å². The van der Waals surface area contributed by atoms with E-state index in [1.54, 1.807) is 15.8 Å². The van der Waals surface area contributed by atoms with Crippen LogP contribution in [-0.2, 0) is 6.54 Å². The number of aromatic nitrogens is 3. The van der Waals surface area contributed by atoms with E-state index in [1.807, 2.05) is 91.0 Å². The predicted octanol–water partition coefficient (Wildman–Crippen LogP) is 4.46. The fourth-order valence-corrected chi connectivity index (χ4v) is 3.75. The summed E-state index contributed by atoms with van der Waals surface area (Å²) in [5.41, 5.74) is 3.12. The van der Waals surface area contributed by atoms with Crippen molar-refractivity contribution in [3.63, 3.8) is 0 Å². The number of fused-ring (bicyclic) bond motifs is 1. The fraction of sp³-hybridized carbons (Fsp3) is 0.148. The topological polar surface area (TPSA) is 69.5 Å². The van der Waals surface area contributed by atoms with Crippen molar-refractivity contribution in [3.05, 3.63) is 108 Å². The lowest BCUT2D eigenvalue weighted by molar-refractivity contribution is 0.0984. The molecule has 34 heavy (non-hydrogen) atoms. The summed E-state index contributed by atoms with van der Waals surface area (Å²) >= 11 is 0. The maximum absolute atomic E-state index is 13.5. The molecular weight excluding hydrogens is 428 g/mol. The SMILES string of the molecule is O=C(c1cn(Cc2ccccc2)nn1)N(C/C=C/c1ccccc1)c1ccc2c(c1)OCCO2. The minimum atomic E-state index is -0.242. The average Bonchev–Trinajstić information content (AvgIpc) is 3.36. The van der Waals surface area contributed by atoms with Crippen LogP contribution in [0.25, 0.3) is 6.08 Å². The van der Waals surface area contributed by atoms with E-state index in [1.165, 1.54) is 0 Å². The molecule has 0 radical (unpaired) electrons. The molecule has 0 fully saturated rings. The minimum Gasteiger partial charge on any atom is -0.486 e. The van der Waals surface area contributed by atoms with E-state index >= 15 is 0 Å². The third kappa shape index (κ3) is 4.99. The molecule has 4 aromatic rings. The molecule has 170 valence electrons. The maximum Gasteiger partial charge on any atom is 0.280 e. The van der Waals surface area contributed by atoms with Gasteiger partial charge in [0.15, 0.2) is 17.2 Å². The van der Waals surface area contributed by atoms with Crippen LogP contribution in [0.1, 0.15) is 21.6 Å². The molecule has 0 saturated heterocycles. The molecule has 7 heteroatoms. The van der Waals surface area contributed by atoms with Crippen molar-refractivity contribution in [2.24, 2.45) is 0 Å². The first kappa shape index (κ1) is 21.5. The maximum atomic E-state index is 13.5. The van der Waals surface area contributed by atoms with Gasteiger partial charge >= 0.3 is 0 Å². The second kappa shape index (κ2) is 10.0. The van der Waals surface area contributed by atoms with Gasteiger partial charge in [0.1, 0.15) is 13.2 Å². The standard InChI is InChI=1S/C27H24N4O3/c32-27(24-20-30(29-28-24)19-22-10-5-2-6-11-22)31(15-7-12-21-8-3-1-4-9-21)23-13-14-25-26(18-23)34-17-16-33-25/h1-14,18,20H,15-17,19H2/b12-7+. The summed E-state index contributed by atoms with van der Waals surface area (Å²) in [7, 11) is 0. The van der Waals surface area contributed by atoms with E-state index in [2.05, 4.69) is 10.3 Å². The second-order valence-corrected chi connectivity index (χ2v) is 7.84. The lowest BCUT2D eigenvalue weighted by Crippen LogP contribution is -2.31. The van der Waals surface area contributed by atoms with Crippen LogP contribution >= 0.6 is 0 Å². The van der Waals surface area contributed by atoms with Crippen molar-refractivity contribution >= 4 is 17.7 Å². The summed E-state index contributed by atoms with van der Waals surface area (Å²) < 4.78 is 13.0. The second-order valence-electron chi connectivity index (χ2n) is 7.84. The highest BCUT2D eigenvalue weighted by atomic mass is 16.6. The fourth-order valence-electron chi connectivity index (χ4n) is 3.75. The number of benzene rings is 3. The lowest BCUT2D eigenvalue weighted by Gasteiger charge is -2.24. The Bertz CT molecular complexity index is 1290. The van der Waals surface area contributed by atoms with Gasteiger partial charge in [0.2, 0.25) is 0 Å². The number of hydrogen-bond acceptors (Lipinski definition) is 5. The highest BCUT2D eigenvalue weighted by Crippen LogP contribution is 2.34. The number of nitrogens with zero attached hydrogens (tertiary/aromatic N) is 4. The summed E-state index contributed by atoms with van der Waals surface area (Å²) in [6.07, 6.45) is 5.63. The smallest absolute Gasteiger partial charge is 0.280 e. The Balaban J connectivity index is 1.40. The van der Waals surface area contributed by atoms with Crippen molar-refractivity contribution in [3.8, 4) is 11.5 Å². The number of carbonyl (C=O) groups is 1. The first-order chi connectivity index (χ1) is 16.8. The zero-order valence-corrected chi connectivity index (χ0v) is 18.6. The van der Waals surface area contributed by atoms with E-state index in [0.717, 1.165) is 11.1 Å². The molecule has 0 N–H and O–H groups in total. The van der Waals surface area contributed by atoms with Crippen LogP contribution in [-0.4, -0.2) is 40.7 Å². The Hall–Kier alpha value is -4.39. The van der Waals surface area contributed by atoms with Gasteiger partial charge in [0.05, 0.1) is 12.7 Å². The summed E-state index contributed by atoms with van der Waals surface area (Å²) in [5, 5.41) is 8.32. The van der Waals surface area contributed by atoms with E-state index in [9.17, 15) is 4.79 Å². The molecule has 1 aliphatic rings. The van der Waals surface area contributed by atoms with Gasteiger partial charge in [-0.3, -0.25) is 4.79 Å². The van der Waals surface area contributed by atoms with Gasteiger partial charge in [-0.15, -0.1) is 5.10 Å². The zero-order chi connectivity index (χ0) is 23.2. The van der Waals surface area contributed by atoms with E-state index < -0.39 is 0 Å². The first-order valence-electron chi connectivity index (χ1n) is 11.1. The van der Waals surface area contributed by atoms with Crippen LogP contribution in [0.4, 0.5) is 5.69 Å². The predicted molar refractivity (Wildman–Crippen MR) is 130 cm³/mol. The van der Waals surface area contributed by atoms with Gasteiger partial charge < -0.3 is 14.4 Å². The highest BCUT2D eigenvalue weighted by Gasteiger charge is 2.22. The average molecular weight is 453 g/mol. The van der Waals surface area contributed by atoms with Gasteiger partial charge in [-0.05, 0) is 23.3 Å². The van der Waals surface area contributed by atoms with Gasteiger partial charge in [0.25, 0.3) is 5.91 Å². The third-order valence-corrected chi connectivity index (χ3v) is 5.43. The Morgan fingerprint density at radius 2 is 1.68 bits per heavy atom. The molecule has 0 saturated carbocycles. The van der Waals surface area contributed by atoms with Crippen LogP contribution in [0, 0.1) is 0 Å².